The van der Waals surface area contributed by atoms with E-state index in [-0.39, 0.29) is 30.2 Å². The number of amides is 2. The third-order valence-electron chi connectivity index (χ3n) is 3.04. The van der Waals surface area contributed by atoms with Crippen LogP contribution in [0.3, 0.4) is 0 Å². The van der Waals surface area contributed by atoms with Gasteiger partial charge in [-0.2, -0.15) is 0 Å². The van der Waals surface area contributed by atoms with Crippen molar-refractivity contribution in [2.24, 2.45) is 11.7 Å². The molecule has 1 fully saturated rings. The van der Waals surface area contributed by atoms with E-state index in [9.17, 15) is 19.7 Å². The highest BCUT2D eigenvalue weighted by atomic mass is 16.6. The second-order valence-corrected chi connectivity index (χ2v) is 4.31. The summed E-state index contributed by atoms with van der Waals surface area (Å²) in [4.78, 5) is 34.2. The SMILES string of the molecule is NC(=O)C1CC(=O)N(c2ccc([N+](=O)[O-])cc2N)C1. The molecule has 0 aliphatic carbocycles. The van der Waals surface area contributed by atoms with Crippen LogP contribution >= 0.6 is 0 Å². The number of nitrogens with zero attached hydrogens (tertiary/aromatic N) is 2. The summed E-state index contributed by atoms with van der Waals surface area (Å²) >= 11 is 0. The van der Waals surface area contributed by atoms with Gasteiger partial charge >= 0.3 is 0 Å². The normalized spacial score (nSPS) is 18.6. The van der Waals surface area contributed by atoms with Crippen LogP contribution in [0.2, 0.25) is 0 Å². The number of nitrogens with two attached hydrogens (primary N) is 2. The van der Waals surface area contributed by atoms with Gasteiger partial charge in [-0.15, -0.1) is 0 Å². The molecule has 0 saturated carbocycles. The molecule has 2 amide bonds. The molecule has 1 aliphatic heterocycles. The average molecular weight is 264 g/mol. The van der Waals surface area contributed by atoms with Crippen LogP contribution in [0.4, 0.5) is 17.1 Å². The Hall–Kier alpha value is -2.64. The first-order chi connectivity index (χ1) is 8.90. The van der Waals surface area contributed by atoms with E-state index < -0.39 is 16.7 Å². The third-order valence-corrected chi connectivity index (χ3v) is 3.04. The zero-order valence-corrected chi connectivity index (χ0v) is 9.91. The van der Waals surface area contributed by atoms with Gasteiger partial charge in [0, 0.05) is 25.1 Å². The van der Waals surface area contributed by atoms with E-state index in [1.165, 1.54) is 23.1 Å². The number of carbonyl (C=O) groups is 2. The molecule has 19 heavy (non-hydrogen) atoms. The zero-order valence-electron chi connectivity index (χ0n) is 9.91. The van der Waals surface area contributed by atoms with Crippen LogP contribution in [0.5, 0.6) is 0 Å². The Kier molecular flexibility index (Phi) is 3.07. The highest BCUT2D eigenvalue weighted by Gasteiger charge is 2.34. The summed E-state index contributed by atoms with van der Waals surface area (Å²) in [6, 6.07) is 3.84. The zero-order chi connectivity index (χ0) is 14.2. The molecular formula is C11H12N4O4. The summed E-state index contributed by atoms with van der Waals surface area (Å²) in [5.41, 5.74) is 11.2. The first kappa shape index (κ1) is 12.8. The topological polar surface area (TPSA) is 133 Å². The van der Waals surface area contributed by atoms with Crippen molar-refractivity contribution < 1.29 is 14.5 Å². The lowest BCUT2D eigenvalue weighted by molar-refractivity contribution is -0.384. The molecule has 1 heterocycles. The number of rotatable bonds is 3. The monoisotopic (exact) mass is 264 g/mol. The largest absolute Gasteiger partial charge is 0.397 e. The Morgan fingerprint density at radius 2 is 2.16 bits per heavy atom. The van der Waals surface area contributed by atoms with Gasteiger partial charge in [0.1, 0.15) is 0 Å². The standard InChI is InChI=1S/C11H12N4O4/c12-8-4-7(15(18)19)1-2-9(8)14-5-6(11(13)17)3-10(14)16/h1-2,4,6H,3,5,12H2,(H2,13,17). The summed E-state index contributed by atoms with van der Waals surface area (Å²) in [6.45, 7) is 0.149. The number of nitro benzene ring substituents is 1. The molecule has 0 bridgehead atoms. The molecule has 0 radical (unpaired) electrons. The Morgan fingerprint density at radius 1 is 1.47 bits per heavy atom. The van der Waals surface area contributed by atoms with E-state index in [1.54, 1.807) is 0 Å². The molecule has 2 rings (SSSR count). The van der Waals surface area contributed by atoms with Crippen molar-refractivity contribution >= 4 is 28.9 Å². The number of anilines is 2. The number of nitro groups is 1. The second kappa shape index (κ2) is 4.56. The lowest BCUT2D eigenvalue weighted by Gasteiger charge is -2.18. The van der Waals surface area contributed by atoms with Gasteiger partial charge in [0.05, 0.1) is 22.2 Å². The molecule has 1 unspecified atom stereocenters. The van der Waals surface area contributed by atoms with Gasteiger partial charge in [-0.25, -0.2) is 0 Å². The average Bonchev–Trinajstić information content (AvgIpc) is 2.71. The smallest absolute Gasteiger partial charge is 0.271 e. The molecule has 1 aromatic carbocycles. The predicted molar refractivity (Wildman–Crippen MR) is 67.2 cm³/mol. The molecule has 1 aromatic rings. The number of hydrogen-bond acceptors (Lipinski definition) is 5. The minimum absolute atomic E-state index is 0.0335. The fraction of sp³-hybridized carbons (Fsp3) is 0.273. The minimum Gasteiger partial charge on any atom is -0.397 e. The number of benzene rings is 1. The third kappa shape index (κ3) is 2.32. The molecule has 1 atom stereocenters. The summed E-state index contributed by atoms with van der Waals surface area (Å²) in [5.74, 6) is -1.37. The van der Waals surface area contributed by atoms with E-state index in [4.69, 9.17) is 11.5 Å². The summed E-state index contributed by atoms with van der Waals surface area (Å²) in [6.07, 6.45) is 0.0335. The van der Waals surface area contributed by atoms with E-state index in [0.717, 1.165) is 0 Å². The van der Waals surface area contributed by atoms with E-state index in [1.807, 2.05) is 0 Å². The number of nitrogen functional groups attached to an aromatic ring is 1. The van der Waals surface area contributed by atoms with Crippen LogP contribution in [-0.4, -0.2) is 23.3 Å². The van der Waals surface area contributed by atoms with Crippen molar-refractivity contribution in [3.05, 3.63) is 28.3 Å². The highest BCUT2D eigenvalue weighted by Crippen LogP contribution is 2.32. The number of non-ortho nitro benzene ring substituents is 1. The van der Waals surface area contributed by atoms with E-state index in [0.29, 0.717) is 5.69 Å². The summed E-state index contributed by atoms with van der Waals surface area (Å²) in [7, 11) is 0. The van der Waals surface area contributed by atoms with Crippen LogP contribution in [0, 0.1) is 16.0 Å². The molecule has 8 heteroatoms. The maximum Gasteiger partial charge on any atom is 0.271 e. The van der Waals surface area contributed by atoms with Gasteiger partial charge in [-0.05, 0) is 6.07 Å². The van der Waals surface area contributed by atoms with Crippen molar-refractivity contribution in [3.8, 4) is 0 Å². The molecule has 1 saturated heterocycles. The molecule has 8 nitrogen and oxygen atoms in total. The van der Waals surface area contributed by atoms with Crippen LogP contribution in [0.15, 0.2) is 18.2 Å². The van der Waals surface area contributed by atoms with Gasteiger partial charge in [-0.3, -0.25) is 19.7 Å². The molecule has 0 aromatic heterocycles. The van der Waals surface area contributed by atoms with E-state index in [2.05, 4.69) is 0 Å². The van der Waals surface area contributed by atoms with Crippen molar-refractivity contribution in [1.29, 1.82) is 0 Å². The fourth-order valence-corrected chi connectivity index (χ4v) is 2.03. The molecule has 100 valence electrons. The van der Waals surface area contributed by atoms with Crippen LogP contribution in [0.1, 0.15) is 6.42 Å². The molecule has 0 spiro atoms. The maximum atomic E-state index is 11.8. The van der Waals surface area contributed by atoms with E-state index >= 15 is 0 Å². The second-order valence-electron chi connectivity index (χ2n) is 4.31. The van der Waals surface area contributed by atoms with Crippen LogP contribution in [-0.2, 0) is 9.59 Å². The summed E-state index contributed by atoms with van der Waals surface area (Å²) < 4.78 is 0. The lowest BCUT2D eigenvalue weighted by Crippen LogP contribution is -2.28. The number of carbonyl (C=O) groups excluding carboxylic acids is 2. The highest BCUT2D eigenvalue weighted by molar-refractivity contribution is 6.02. The van der Waals surface area contributed by atoms with Crippen LogP contribution < -0.4 is 16.4 Å². The Morgan fingerprint density at radius 3 is 2.63 bits per heavy atom. The minimum atomic E-state index is -0.571. The number of hydrogen-bond donors (Lipinski definition) is 2. The van der Waals surface area contributed by atoms with Gasteiger partial charge in [-0.1, -0.05) is 0 Å². The first-order valence-electron chi connectivity index (χ1n) is 5.53. The van der Waals surface area contributed by atoms with Crippen molar-refractivity contribution in [1.82, 2.24) is 0 Å². The van der Waals surface area contributed by atoms with Crippen molar-refractivity contribution in [3.63, 3.8) is 0 Å². The Bertz CT molecular complexity index is 572. The molecule has 4 N–H and O–H groups in total. The summed E-state index contributed by atoms with van der Waals surface area (Å²) in [5, 5.41) is 10.6. The van der Waals surface area contributed by atoms with Gasteiger partial charge < -0.3 is 16.4 Å². The van der Waals surface area contributed by atoms with Crippen molar-refractivity contribution in [2.45, 2.75) is 6.42 Å². The fourth-order valence-electron chi connectivity index (χ4n) is 2.03. The van der Waals surface area contributed by atoms with Crippen LogP contribution in [0.25, 0.3) is 0 Å². The lowest BCUT2D eigenvalue weighted by atomic mass is 10.1. The first-order valence-corrected chi connectivity index (χ1v) is 5.53. The Balaban J connectivity index is 2.30. The van der Waals surface area contributed by atoms with Gasteiger partial charge in [0.15, 0.2) is 0 Å². The Labute approximate surface area is 108 Å². The van der Waals surface area contributed by atoms with Gasteiger partial charge in [0.2, 0.25) is 11.8 Å². The molecular weight excluding hydrogens is 252 g/mol. The van der Waals surface area contributed by atoms with Crippen molar-refractivity contribution in [2.75, 3.05) is 17.2 Å². The quantitative estimate of drug-likeness (QED) is 0.451. The predicted octanol–water partition coefficient (Wildman–Crippen LogP) is 0.0152. The van der Waals surface area contributed by atoms with Gasteiger partial charge in [0.25, 0.3) is 5.69 Å². The maximum absolute atomic E-state index is 11.8. The molecule has 1 aliphatic rings. The number of primary amides is 1.